The number of aliphatic hydroxyl groups is 1. The Morgan fingerprint density at radius 1 is 1.14 bits per heavy atom. The second kappa shape index (κ2) is 10.2. The number of nitrogens with one attached hydrogen (secondary N) is 2. The first-order valence-corrected chi connectivity index (χ1v) is 10.3. The normalized spacial score (nSPS) is 12.9. The summed E-state index contributed by atoms with van der Waals surface area (Å²) < 4.78 is 56.0. The van der Waals surface area contributed by atoms with E-state index < -0.39 is 27.8 Å². The number of benzene rings is 2. The Balaban J connectivity index is 1.67. The quantitative estimate of drug-likeness (QED) is 0.522. The molecule has 3 N–H and O–H groups in total. The first-order chi connectivity index (χ1) is 13.2. The standard InChI is InChI=1S/C19H22F2N2O4S/c1-28(25,26)23-15-5-7-17(8-6-15)27-13-16(24)12-22-10-2-3-14-4-9-18(20)19(21)11-14/h2-9,11,16,22-24H,10,12-13H2,1H3/b3-2+. The van der Waals surface area contributed by atoms with Crippen LogP contribution in [-0.2, 0) is 10.0 Å². The zero-order valence-electron chi connectivity index (χ0n) is 15.2. The molecule has 0 bridgehead atoms. The highest BCUT2D eigenvalue weighted by molar-refractivity contribution is 7.92. The highest BCUT2D eigenvalue weighted by atomic mass is 32.2. The minimum absolute atomic E-state index is 0.0543. The van der Waals surface area contributed by atoms with Crippen molar-refractivity contribution in [1.29, 1.82) is 0 Å². The Bertz CT molecular complexity index is 903. The van der Waals surface area contributed by atoms with Gasteiger partial charge < -0.3 is 15.2 Å². The molecule has 2 rings (SSSR count). The number of ether oxygens (including phenoxy) is 1. The van der Waals surface area contributed by atoms with Crippen molar-refractivity contribution in [3.8, 4) is 5.75 Å². The smallest absolute Gasteiger partial charge is 0.229 e. The Hall–Kier alpha value is -2.49. The number of aliphatic hydroxyl groups excluding tert-OH is 1. The van der Waals surface area contributed by atoms with Crippen molar-refractivity contribution in [2.45, 2.75) is 6.10 Å². The van der Waals surface area contributed by atoms with Crippen LogP contribution < -0.4 is 14.8 Å². The summed E-state index contributed by atoms with van der Waals surface area (Å²) in [6, 6.07) is 9.94. The Morgan fingerprint density at radius 2 is 1.86 bits per heavy atom. The summed E-state index contributed by atoms with van der Waals surface area (Å²) in [6.45, 7) is 0.760. The number of hydrogen-bond acceptors (Lipinski definition) is 5. The molecule has 9 heteroatoms. The zero-order chi connectivity index (χ0) is 20.6. The van der Waals surface area contributed by atoms with E-state index in [4.69, 9.17) is 4.74 Å². The van der Waals surface area contributed by atoms with Crippen LogP contribution in [0.15, 0.2) is 48.5 Å². The highest BCUT2D eigenvalue weighted by Gasteiger charge is 2.06. The third-order valence-electron chi connectivity index (χ3n) is 3.50. The van der Waals surface area contributed by atoms with Gasteiger partial charge in [-0.3, -0.25) is 4.72 Å². The number of sulfonamides is 1. The van der Waals surface area contributed by atoms with Crippen molar-refractivity contribution in [3.05, 3.63) is 65.7 Å². The second-order valence-electron chi connectivity index (χ2n) is 6.10. The first kappa shape index (κ1) is 21.8. The lowest BCUT2D eigenvalue weighted by Gasteiger charge is -2.13. The van der Waals surface area contributed by atoms with Crippen LogP contribution in [0.1, 0.15) is 5.56 Å². The van der Waals surface area contributed by atoms with Crippen molar-refractivity contribution in [1.82, 2.24) is 5.32 Å². The SMILES string of the molecule is CS(=O)(=O)Nc1ccc(OCC(O)CNC/C=C/c2ccc(F)c(F)c2)cc1. The van der Waals surface area contributed by atoms with Gasteiger partial charge in [0.15, 0.2) is 11.6 Å². The molecule has 0 radical (unpaired) electrons. The highest BCUT2D eigenvalue weighted by Crippen LogP contribution is 2.16. The molecule has 28 heavy (non-hydrogen) atoms. The van der Waals surface area contributed by atoms with Crippen LogP contribution in [-0.4, -0.2) is 45.6 Å². The molecule has 0 amide bonds. The maximum Gasteiger partial charge on any atom is 0.229 e. The van der Waals surface area contributed by atoms with Crippen LogP contribution in [0.25, 0.3) is 6.08 Å². The summed E-state index contributed by atoms with van der Waals surface area (Å²) in [5.41, 5.74) is 0.961. The third-order valence-corrected chi connectivity index (χ3v) is 4.10. The van der Waals surface area contributed by atoms with E-state index in [2.05, 4.69) is 10.0 Å². The van der Waals surface area contributed by atoms with Crippen LogP contribution in [0.5, 0.6) is 5.75 Å². The van der Waals surface area contributed by atoms with Gasteiger partial charge in [-0.2, -0.15) is 0 Å². The van der Waals surface area contributed by atoms with E-state index in [1.54, 1.807) is 36.4 Å². The fourth-order valence-electron chi connectivity index (χ4n) is 2.23. The predicted octanol–water partition coefficient (Wildman–Crippen LogP) is 2.38. The lowest BCUT2D eigenvalue weighted by Crippen LogP contribution is -2.31. The van der Waals surface area contributed by atoms with E-state index in [0.717, 1.165) is 18.4 Å². The van der Waals surface area contributed by atoms with Crippen molar-refractivity contribution < 1.29 is 27.0 Å². The summed E-state index contributed by atoms with van der Waals surface area (Å²) in [5, 5.41) is 12.9. The number of hydrogen-bond donors (Lipinski definition) is 3. The van der Waals surface area contributed by atoms with Crippen molar-refractivity contribution >= 4 is 21.8 Å². The molecule has 0 fully saturated rings. The van der Waals surface area contributed by atoms with Gasteiger partial charge in [0.25, 0.3) is 0 Å². The first-order valence-electron chi connectivity index (χ1n) is 8.44. The monoisotopic (exact) mass is 412 g/mol. The molecular formula is C19H22F2N2O4S. The predicted molar refractivity (Wildman–Crippen MR) is 105 cm³/mol. The number of rotatable bonds is 10. The summed E-state index contributed by atoms with van der Waals surface area (Å²) in [4.78, 5) is 0. The van der Waals surface area contributed by atoms with Crippen molar-refractivity contribution in [2.75, 3.05) is 30.7 Å². The molecule has 0 saturated heterocycles. The minimum atomic E-state index is -3.33. The van der Waals surface area contributed by atoms with Crippen LogP contribution >= 0.6 is 0 Å². The molecule has 1 atom stereocenters. The Kier molecular flexibility index (Phi) is 7.91. The average Bonchev–Trinajstić information content (AvgIpc) is 2.62. The van der Waals surface area contributed by atoms with Gasteiger partial charge in [-0.15, -0.1) is 0 Å². The average molecular weight is 412 g/mol. The number of anilines is 1. The fourth-order valence-corrected chi connectivity index (χ4v) is 2.79. The van der Waals surface area contributed by atoms with Gasteiger partial charge in [-0.25, -0.2) is 17.2 Å². The molecule has 6 nitrogen and oxygen atoms in total. The van der Waals surface area contributed by atoms with Gasteiger partial charge in [-0.1, -0.05) is 18.2 Å². The zero-order valence-corrected chi connectivity index (χ0v) is 16.0. The lowest BCUT2D eigenvalue weighted by atomic mass is 10.2. The lowest BCUT2D eigenvalue weighted by molar-refractivity contribution is 0.107. The van der Waals surface area contributed by atoms with E-state index in [1.165, 1.54) is 6.07 Å². The molecule has 0 aliphatic rings. The van der Waals surface area contributed by atoms with Crippen molar-refractivity contribution in [3.63, 3.8) is 0 Å². The molecule has 0 aliphatic heterocycles. The summed E-state index contributed by atoms with van der Waals surface area (Å²) in [7, 11) is -3.33. The van der Waals surface area contributed by atoms with Crippen LogP contribution in [0.4, 0.5) is 14.5 Å². The number of halogens is 2. The van der Waals surface area contributed by atoms with Gasteiger partial charge in [0.1, 0.15) is 18.5 Å². The molecule has 0 saturated carbocycles. The Morgan fingerprint density at radius 3 is 2.50 bits per heavy atom. The Labute approximate surface area is 162 Å². The largest absolute Gasteiger partial charge is 0.491 e. The molecule has 0 aromatic heterocycles. The van der Waals surface area contributed by atoms with E-state index >= 15 is 0 Å². The summed E-state index contributed by atoms with van der Waals surface area (Å²) in [5.74, 6) is -1.29. The van der Waals surface area contributed by atoms with Crippen LogP contribution in [0.3, 0.4) is 0 Å². The molecular weight excluding hydrogens is 390 g/mol. The van der Waals surface area contributed by atoms with E-state index in [1.807, 2.05) is 0 Å². The van der Waals surface area contributed by atoms with E-state index in [9.17, 15) is 22.3 Å². The van der Waals surface area contributed by atoms with E-state index in [0.29, 0.717) is 23.5 Å². The van der Waals surface area contributed by atoms with E-state index in [-0.39, 0.29) is 13.2 Å². The molecule has 2 aromatic rings. The molecule has 1 unspecified atom stereocenters. The molecule has 0 spiro atoms. The molecule has 152 valence electrons. The molecule has 0 heterocycles. The van der Waals surface area contributed by atoms with Gasteiger partial charge >= 0.3 is 0 Å². The van der Waals surface area contributed by atoms with Gasteiger partial charge in [-0.05, 0) is 42.0 Å². The van der Waals surface area contributed by atoms with Crippen molar-refractivity contribution in [2.24, 2.45) is 0 Å². The van der Waals surface area contributed by atoms with Gasteiger partial charge in [0, 0.05) is 18.8 Å². The van der Waals surface area contributed by atoms with Gasteiger partial charge in [0.05, 0.1) is 6.26 Å². The maximum atomic E-state index is 13.1. The van der Waals surface area contributed by atoms with Crippen LogP contribution in [0, 0.1) is 11.6 Å². The molecule has 0 aliphatic carbocycles. The summed E-state index contributed by atoms with van der Waals surface area (Å²) in [6.07, 6.45) is 3.68. The molecule has 2 aromatic carbocycles. The van der Waals surface area contributed by atoms with Crippen LogP contribution in [0.2, 0.25) is 0 Å². The van der Waals surface area contributed by atoms with Gasteiger partial charge in [0.2, 0.25) is 10.0 Å². The fraction of sp³-hybridized carbons (Fsp3) is 0.263. The maximum absolute atomic E-state index is 13.1. The topological polar surface area (TPSA) is 87.7 Å². The third kappa shape index (κ3) is 8.03. The summed E-state index contributed by atoms with van der Waals surface area (Å²) >= 11 is 0. The second-order valence-corrected chi connectivity index (χ2v) is 7.85. The minimum Gasteiger partial charge on any atom is -0.491 e.